The SMILES string of the molecule is CC(C)c1ccc(F)c(-c2cc(Nc3ccc(N4CCNC(C5CC5C(=O)N(C)c5ccc(-c6cc(Nc7ccc(N8CCC(O)CC8)cn7)c7c(=O)[nH]ccc7n6)c(F)c5)C4)cn3)c3c(=O)[nH]ccc3n2)c1. The van der Waals surface area contributed by atoms with Crippen molar-refractivity contribution in [2.24, 2.45) is 11.8 Å². The summed E-state index contributed by atoms with van der Waals surface area (Å²) in [6, 6.07) is 23.9. The van der Waals surface area contributed by atoms with Crippen LogP contribution in [0.3, 0.4) is 0 Å². The molecule has 8 heterocycles. The van der Waals surface area contributed by atoms with Crippen LogP contribution in [-0.2, 0) is 4.79 Å². The van der Waals surface area contributed by atoms with Gasteiger partial charge in [0.05, 0.1) is 74.4 Å². The number of aliphatic hydroxyl groups is 1. The van der Waals surface area contributed by atoms with Crippen LogP contribution in [0.5, 0.6) is 0 Å². The van der Waals surface area contributed by atoms with Crippen molar-refractivity contribution in [2.75, 3.05) is 65.1 Å². The number of nitrogens with one attached hydrogen (secondary N) is 5. The van der Waals surface area contributed by atoms with Crippen molar-refractivity contribution in [1.82, 2.24) is 35.2 Å². The maximum Gasteiger partial charge on any atom is 0.259 e. The van der Waals surface area contributed by atoms with E-state index in [-0.39, 0.29) is 52.5 Å². The van der Waals surface area contributed by atoms with E-state index in [0.717, 1.165) is 36.6 Å². The number of aliphatic hydroxyl groups excluding tert-OH is 1. The average molecular weight is 985 g/mol. The molecule has 6 aromatic heterocycles. The maximum atomic E-state index is 16.2. The van der Waals surface area contributed by atoms with Gasteiger partial charge in [0.2, 0.25) is 5.91 Å². The molecule has 0 bridgehead atoms. The number of nitrogens with zero attached hydrogens (tertiary/aromatic N) is 7. The molecule has 6 N–H and O–H groups in total. The Hall–Kier alpha value is -8.09. The first-order valence-electron chi connectivity index (χ1n) is 24.6. The number of carbonyl (C=O) groups excluding carboxylic acids is 1. The molecule has 3 atom stereocenters. The number of H-pyrrole nitrogens is 2. The number of anilines is 7. The largest absolute Gasteiger partial charge is 0.393 e. The van der Waals surface area contributed by atoms with E-state index >= 15 is 8.78 Å². The first-order valence-corrected chi connectivity index (χ1v) is 24.6. The van der Waals surface area contributed by atoms with Crippen LogP contribution < -0.4 is 41.8 Å². The van der Waals surface area contributed by atoms with E-state index in [2.05, 4.69) is 50.7 Å². The molecule has 3 unspecified atom stereocenters. The standard InChI is InChI=1S/C55H54F2N12O4/c1-30(2)31-4-9-40(56)39(22-31)45-26-47(52-43(64-45)13-17-60-54(52)72)66-50-11-7-34(28-62-50)69-21-18-58-48(29-69)37-24-38(37)55(73)67(3)32-5-8-36(41(57)23-32)44-25-46(51-42(63-44)12-16-59-53(51)71)65-49-10-6-33(27-61-49)68-19-14-35(70)15-20-68/h4-13,16-17,22-23,25-28,30,35,37-38,48,58,70H,14-15,18-21,24,29H2,1-3H3,(H,59,71)(H,60,72)(H,61,63,65)(H,62,64,66). The molecule has 16 nitrogen and oxygen atoms in total. The molecule has 3 fully saturated rings. The van der Waals surface area contributed by atoms with Crippen molar-refractivity contribution < 1.29 is 18.7 Å². The Morgan fingerprint density at radius 2 is 1.36 bits per heavy atom. The molecule has 1 saturated carbocycles. The summed E-state index contributed by atoms with van der Waals surface area (Å²) in [5.41, 5.74) is 5.39. The third kappa shape index (κ3) is 9.58. The quantitative estimate of drug-likeness (QED) is 0.0685. The zero-order valence-corrected chi connectivity index (χ0v) is 40.5. The van der Waals surface area contributed by atoms with Gasteiger partial charge < -0.3 is 45.7 Å². The molecule has 372 valence electrons. The molecule has 73 heavy (non-hydrogen) atoms. The Morgan fingerprint density at radius 3 is 1.95 bits per heavy atom. The summed E-state index contributed by atoms with van der Waals surface area (Å²) in [5, 5.41) is 20.7. The number of piperidine rings is 1. The number of hydrogen-bond acceptors (Lipinski definition) is 13. The Bertz CT molecular complexity index is 3510. The monoisotopic (exact) mass is 984 g/mol. The number of aromatic nitrogens is 6. The van der Waals surface area contributed by atoms with E-state index in [9.17, 15) is 19.5 Å². The first-order chi connectivity index (χ1) is 35.3. The summed E-state index contributed by atoms with van der Waals surface area (Å²) in [6.07, 6.45) is 8.34. The van der Waals surface area contributed by atoms with Gasteiger partial charge in [-0.05, 0) is 116 Å². The fourth-order valence-electron chi connectivity index (χ4n) is 10.2. The van der Waals surface area contributed by atoms with Gasteiger partial charge in [0.1, 0.15) is 23.3 Å². The molecular weight excluding hydrogens is 931 g/mol. The lowest BCUT2D eigenvalue weighted by molar-refractivity contribution is -0.119. The van der Waals surface area contributed by atoms with E-state index in [0.29, 0.717) is 99.8 Å². The van der Waals surface area contributed by atoms with Crippen LogP contribution in [0.2, 0.25) is 0 Å². The molecular formula is C55H54F2N12O4. The summed E-state index contributed by atoms with van der Waals surface area (Å²) in [5.74, 6) is -0.0842. The summed E-state index contributed by atoms with van der Waals surface area (Å²) in [4.78, 5) is 70.1. The van der Waals surface area contributed by atoms with Crippen molar-refractivity contribution in [1.29, 1.82) is 0 Å². The number of amides is 1. The Kier molecular flexibility index (Phi) is 12.6. The van der Waals surface area contributed by atoms with Crippen molar-refractivity contribution in [3.8, 4) is 22.5 Å². The van der Waals surface area contributed by atoms with E-state index in [4.69, 9.17) is 4.98 Å². The van der Waals surface area contributed by atoms with Gasteiger partial charge in [-0.2, -0.15) is 0 Å². The molecule has 2 aromatic carbocycles. The van der Waals surface area contributed by atoms with E-state index in [1.54, 1.807) is 68.0 Å². The van der Waals surface area contributed by atoms with Crippen LogP contribution in [0.1, 0.15) is 44.6 Å². The van der Waals surface area contributed by atoms with E-state index < -0.39 is 11.6 Å². The number of halogens is 2. The van der Waals surface area contributed by atoms with Crippen LogP contribution in [-0.4, -0.2) is 92.8 Å². The highest BCUT2D eigenvalue weighted by molar-refractivity contribution is 5.98. The molecule has 0 spiro atoms. The fraction of sp³-hybridized carbons (Fsp3) is 0.291. The van der Waals surface area contributed by atoms with Crippen LogP contribution in [0.15, 0.2) is 119 Å². The predicted octanol–water partition coefficient (Wildman–Crippen LogP) is 8.21. The van der Waals surface area contributed by atoms with Crippen molar-refractivity contribution in [3.05, 3.63) is 148 Å². The molecule has 18 heteroatoms. The maximum absolute atomic E-state index is 16.2. The number of pyridine rings is 6. The minimum Gasteiger partial charge on any atom is -0.393 e. The number of piperazine rings is 1. The Morgan fingerprint density at radius 1 is 0.740 bits per heavy atom. The number of carbonyl (C=O) groups is 1. The van der Waals surface area contributed by atoms with Crippen LogP contribution in [0.25, 0.3) is 44.3 Å². The molecule has 0 radical (unpaired) electrons. The average Bonchev–Trinajstić information content (AvgIpc) is 4.20. The lowest BCUT2D eigenvalue weighted by Gasteiger charge is -2.35. The number of aromatic amines is 2. The second-order valence-electron chi connectivity index (χ2n) is 19.5. The number of benzene rings is 2. The minimum absolute atomic E-state index is 0.0303. The van der Waals surface area contributed by atoms with Crippen molar-refractivity contribution in [2.45, 2.75) is 51.2 Å². The van der Waals surface area contributed by atoms with E-state index in [1.165, 1.54) is 29.4 Å². The fourth-order valence-corrected chi connectivity index (χ4v) is 10.2. The number of rotatable bonds is 12. The van der Waals surface area contributed by atoms with Crippen LogP contribution in [0.4, 0.5) is 48.9 Å². The highest BCUT2D eigenvalue weighted by atomic mass is 19.1. The summed E-state index contributed by atoms with van der Waals surface area (Å²) < 4.78 is 31.5. The predicted molar refractivity (Wildman–Crippen MR) is 281 cm³/mol. The molecule has 2 saturated heterocycles. The molecule has 3 aliphatic rings. The van der Waals surface area contributed by atoms with Gasteiger partial charge in [0, 0.05) is 80.9 Å². The van der Waals surface area contributed by atoms with Gasteiger partial charge >= 0.3 is 0 Å². The van der Waals surface area contributed by atoms with Gasteiger partial charge in [0.15, 0.2) is 0 Å². The van der Waals surface area contributed by atoms with Gasteiger partial charge in [0.25, 0.3) is 11.1 Å². The van der Waals surface area contributed by atoms with Gasteiger partial charge in [-0.3, -0.25) is 14.4 Å². The Balaban J connectivity index is 0.751. The highest BCUT2D eigenvalue weighted by Crippen LogP contribution is 2.44. The summed E-state index contributed by atoms with van der Waals surface area (Å²) in [6.45, 7) is 7.63. The zero-order valence-electron chi connectivity index (χ0n) is 40.5. The lowest BCUT2D eigenvalue weighted by Crippen LogP contribution is -2.52. The van der Waals surface area contributed by atoms with Gasteiger partial charge in [-0.15, -0.1) is 0 Å². The molecule has 1 aliphatic carbocycles. The third-order valence-corrected chi connectivity index (χ3v) is 14.4. The third-order valence-electron chi connectivity index (χ3n) is 14.4. The van der Waals surface area contributed by atoms with E-state index in [1.807, 2.05) is 38.1 Å². The zero-order chi connectivity index (χ0) is 50.5. The summed E-state index contributed by atoms with van der Waals surface area (Å²) in [7, 11) is 1.66. The first kappa shape index (κ1) is 47.2. The number of fused-ring (bicyclic) bond motifs is 2. The number of hydrogen-bond donors (Lipinski definition) is 6. The molecule has 8 aromatic rings. The molecule has 1 amide bonds. The normalized spacial score (nSPS) is 18.1. The highest BCUT2D eigenvalue weighted by Gasteiger charge is 2.49. The lowest BCUT2D eigenvalue weighted by atomic mass is 9.98. The summed E-state index contributed by atoms with van der Waals surface area (Å²) >= 11 is 0. The van der Waals surface area contributed by atoms with Gasteiger partial charge in [-0.1, -0.05) is 19.9 Å². The van der Waals surface area contributed by atoms with Crippen molar-refractivity contribution >= 4 is 67.8 Å². The van der Waals surface area contributed by atoms with Crippen molar-refractivity contribution in [3.63, 3.8) is 0 Å². The smallest absolute Gasteiger partial charge is 0.259 e. The second-order valence-corrected chi connectivity index (χ2v) is 19.5. The minimum atomic E-state index is -0.573. The van der Waals surface area contributed by atoms with Gasteiger partial charge in [-0.25, -0.2) is 28.7 Å². The molecule has 2 aliphatic heterocycles. The topological polar surface area (TPSA) is 200 Å². The van der Waals surface area contributed by atoms with Crippen LogP contribution in [0, 0.1) is 23.5 Å². The molecule has 11 rings (SSSR count). The second kappa shape index (κ2) is 19.5. The Labute approximate surface area is 418 Å². The van der Waals surface area contributed by atoms with Crippen LogP contribution >= 0.6 is 0 Å².